The number of amides is 1. The van der Waals surface area contributed by atoms with Crippen LogP contribution in [0.3, 0.4) is 0 Å². The fourth-order valence-electron chi connectivity index (χ4n) is 4.32. The van der Waals surface area contributed by atoms with Crippen molar-refractivity contribution in [1.29, 1.82) is 0 Å². The second-order valence-electron chi connectivity index (χ2n) is 8.09. The number of pyridine rings is 1. The third kappa shape index (κ3) is 4.22. The van der Waals surface area contributed by atoms with Crippen LogP contribution in [0, 0.1) is 25.7 Å². The van der Waals surface area contributed by atoms with Crippen LogP contribution in [0.25, 0.3) is 0 Å². The van der Waals surface area contributed by atoms with Gasteiger partial charge in [0.15, 0.2) is 0 Å². The number of carbonyl (C=O) groups is 1. The van der Waals surface area contributed by atoms with Gasteiger partial charge in [0.1, 0.15) is 5.82 Å². The van der Waals surface area contributed by atoms with Gasteiger partial charge in [0.2, 0.25) is 5.91 Å². The van der Waals surface area contributed by atoms with Gasteiger partial charge < -0.3 is 0 Å². The molecule has 1 saturated heterocycles. The Morgan fingerprint density at radius 1 is 1.04 bits per heavy atom. The van der Waals surface area contributed by atoms with Crippen molar-refractivity contribution in [2.24, 2.45) is 11.8 Å². The Morgan fingerprint density at radius 3 is 2.46 bits per heavy atom. The van der Waals surface area contributed by atoms with Gasteiger partial charge in [0.25, 0.3) is 0 Å². The van der Waals surface area contributed by atoms with Gasteiger partial charge in [-0.1, -0.05) is 6.07 Å². The molecule has 2 aromatic heterocycles. The Bertz CT molecular complexity index is 798. The Balaban J connectivity index is 1.34. The molecule has 0 bridgehead atoms. The highest BCUT2D eigenvalue weighted by molar-refractivity contribution is 5.78. The molecule has 2 fully saturated rings. The van der Waals surface area contributed by atoms with Gasteiger partial charge in [0.05, 0.1) is 12.6 Å². The number of aryl methyl sites for hydroxylation is 2. The van der Waals surface area contributed by atoms with E-state index in [1.165, 1.54) is 5.56 Å². The summed E-state index contributed by atoms with van der Waals surface area (Å²) >= 11 is 0. The van der Waals surface area contributed by atoms with Crippen LogP contribution in [-0.2, 0) is 16.1 Å². The van der Waals surface area contributed by atoms with E-state index in [-0.39, 0.29) is 17.9 Å². The normalized spacial score (nSPS) is 25.1. The van der Waals surface area contributed by atoms with Crippen molar-refractivity contribution < 1.29 is 9.63 Å². The zero-order valence-corrected chi connectivity index (χ0v) is 16.7. The Labute approximate surface area is 166 Å². The Hall–Kier alpha value is -2.34. The van der Waals surface area contributed by atoms with Crippen molar-refractivity contribution in [3.8, 4) is 0 Å². The van der Waals surface area contributed by atoms with Crippen molar-refractivity contribution >= 4 is 5.91 Å². The average molecular weight is 380 g/mol. The number of aromatic nitrogens is 3. The summed E-state index contributed by atoms with van der Waals surface area (Å²) in [6.45, 7) is 4.47. The highest BCUT2D eigenvalue weighted by atomic mass is 16.7. The van der Waals surface area contributed by atoms with E-state index in [0.29, 0.717) is 12.5 Å². The lowest BCUT2D eigenvalue weighted by molar-refractivity contribution is -0.183. The van der Waals surface area contributed by atoms with Crippen molar-refractivity contribution in [2.75, 3.05) is 6.61 Å². The molecule has 1 aliphatic heterocycles. The topological polar surface area (TPSA) is 68.2 Å². The number of rotatable bonds is 4. The van der Waals surface area contributed by atoms with Crippen LogP contribution in [-0.4, -0.2) is 32.5 Å². The number of nitrogens with zero attached hydrogens (tertiary/aromatic N) is 4. The van der Waals surface area contributed by atoms with Gasteiger partial charge in [-0.15, -0.1) is 0 Å². The van der Waals surface area contributed by atoms with E-state index in [1.807, 2.05) is 38.5 Å². The predicted molar refractivity (Wildman–Crippen MR) is 105 cm³/mol. The maximum Gasteiger partial charge on any atom is 0.249 e. The largest absolute Gasteiger partial charge is 0.272 e. The number of hydrogen-bond acceptors (Lipinski definition) is 5. The molecule has 148 valence electrons. The fraction of sp³-hybridized carbons (Fsp3) is 0.545. The lowest BCUT2D eigenvalue weighted by Crippen LogP contribution is -2.36. The fourth-order valence-corrected chi connectivity index (χ4v) is 4.32. The van der Waals surface area contributed by atoms with E-state index in [2.05, 4.69) is 21.0 Å². The highest BCUT2D eigenvalue weighted by Gasteiger charge is 2.37. The summed E-state index contributed by atoms with van der Waals surface area (Å²) < 4.78 is 0. The smallest absolute Gasteiger partial charge is 0.249 e. The van der Waals surface area contributed by atoms with Gasteiger partial charge in [0, 0.05) is 36.6 Å². The summed E-state index contributed by atoms with van der Waals surface area (Å²) in [5.74, 6) is 1.61. The van der Waals surface area contributed by atoms with Crippen LogP contribution in [0.2, 0.25) is 0 Å². The first kappa shape index (κ1) is 19.0. The molecule has 0 spiro atoms. The molecule has 0 unspecified atom stereocenters. The molecule has 1 atom stereocenters. The first-order chi connectivity index (χ1) is 13.6. The molecule has 3 heterocycles. The lowest BCUT2D eigenvalue weighted by atomic mass is 9.79. The molecular formula is C22H28N4O2. The van der Waals surface area contributed by atoms with E-state index < -0.39 is 0 Å². The molecular weight excluding hydrogens is 352 g/mol. The SMILES string of the molecule is Cc1ccc([C@@H]2CCON2C(=O)C2CCC(Cc3cnc(C)nc3)CC2)cn1. The van der Waals surface area contributed by atoms with Crippen LogP contribution < -0.4 is 0 Å². The summed E-state index contributed by atoms with van der Waals surface area (Å²) in [4.78, 5) is 31.8. The molecule has 0 N–H and O–H groups in total. The number of hydroxylamine groups is 2. The van der Waals surface area contributed by atoms with E-state index in [9.17, 15) is 4.79 Å². The number of hydrogen-bond donors (Lipinski definition) is 0. The van der Waals surface area contributed by atoms with Crippen LogP contribution in [0.1, 0.15) is 60.8 Å². The van der Waals surface area contributed by atoms with E-state index in [4.69, 9.17) is 4.84 Å². The van der Waals surface area contributed by atoms with Crippen LogP contribution in [0.15, 0.2) is 30.7 Å². The van der Waals surface area contributed by atoms with Crippen molar-refractivity contribution in [1.82, 2.24) is 20.0 Å². The molecule has 2 aromatic rings. The summed E-state index contributed by atoms with van der Waals surface area (Å²) in [6.07, 6.45) is 11.5. The molecule has 0 aromatic carbocycles. The molecule has 1 amide bonds. The molecule has 1 aliphatic carbocycles. The van der Waals surface area contributed by atoms with E-state index in [1.54, 1.807) is 5.06 Å². The van der Waals surface area contributed by atoms with Gasteiger partial charge in [-0.25, -0.2) is 15.0 Å². The minimum atomic E-state index is -0.0111. The average Bonchev–Trinajstić information content (AvgIpc) is 3.20. The summed E-state index contributed by atoms with van der Waals surface area (Å²) in [6, 6.07) is 4.04. The Kier molecular flexibility index (Phi) is 5.67. The van der Waals surface area contributed by atoms with Crippen LogP contribution >= 0.6 is 0 Å². The van der Waals surface area contributed by atoms with Gasteiger partial charge in [-0.3, -0.25) is 14.6 Å². The lowest BCUT2D eigenvalue weighted by Gasteiger charge is -2.32. The van der Waals surface area contributed by atoms with E-state index >= 15 is 0 Å². The third-order valence-corrected chi connectivity index (χ3v) is 6.00. The van der Waals surface area contributed by atoms with Crippen LogP contribution in [0.4, 0.5) is 0 Å². The minimum absolute atomic E-state index is 0.0111. The molecule has 4 rings (SSSR count). The quantitative estimate of drug-likeness (QED) is 0.808. The van der Waals surface area contributed by atoms with E-state index in [0.717, 1.165) is 55.6 Å². The first-order valence-electron chi connectivity index (χ1n) is 10.3. The zero-order chi connectivity index (χ0) is 19.5. The van der Waals surface area contributed by atoms with Crippen LogP contribution in [0.5, 0.6) is 0 Å². The van der Waals surface area contributed by atoms with Crippen molar-refractivity contribution in [3.63, 3.8) is 0 Å². The van der Waals surface area contributed by atoms with Crippen molar-refractivity contribution in [3.05, 3.63) is 53.4 Å². The summed E-state index contributed by atoms with van der Waals surface area (Å²) in [5, 5.41) is 1.63. The molecule has 0 radical (unpaired) electrons. The van der Waals surface area contributed by atoms with Gasteiger partial charge in [-0.2, -0.15) is 0 Å². The third-order valence-electron chi connectivity index (χ3n) is 6.00. The second kappa shape index (κ2) is 8.35. The summed E-state index contributed by atoms with van der Waals surface area (Å²) in [7, 11) is 0. The minimum Gasteiger partial charge on any atom is -0.272 e. The molecule has 1 saturated carbocycles. The number of carbonyl (C=O) groups excluding carboxylic acids is 1. The second-order valence-corrected chi connectivity index (χ2v) is 8.09. The molecule has 6 nitrogen and oxygen atoms in total. The standard InChI is InChI=1S/C22H28N4O2/c1-15-3-6-20(14-23-15)21-9-10-28-26(21)22(27)19-7-4-17(5-8-19)11-18-12-24-16(2)25-13-18/h3,6,12-14,17,19,21H,4-5,7-11H2,1-2H3/t17?,19?,21-/m0/s1. The summed E-state index contributed by atoms with van der Waals surface area (Å²) in [5.41, 5.74) is 3.23. The monoisotopic (exact) mass is 380 g/mol. The predicted octanol–water partition coefficient (Wildman–Crippen LogP) is 3.74. The maximum absolute atomic E-state index is 13.1. The highest BCUT2D eigenvalue weighted by Crippen LogP contribution is 2.36. The Morgan fingerprint density at radius 2 is 1.79 bits per heavy atom. The van der Waals surface area contributed by atoms with Crippen molar-refractivity contribution in [2.45, 2.75) is 58.4 Å². The molecule has 28 heavy (non-hydrogen) atoms. The maximum atomic E-state index is 13.1. The van der Waals surface area contributed by atoms with Gasteiger partial charge >= 0.3 is 0 Å². The zero-order valence-electron chi connectivity index (χ0n) is 16.7. The van der Waals surface area contributed by atoms with Gasteiger partial charge in [-0.05, 0) is 69.1 Å². The molecule has 2 aliphatic rings. The first-order valence-corrected chi connectivity index (χ1v) is 10.3. The molecule has 6 heteroatoms.